The second-order valence-electron chi connectivity index (χ2n) is 5.84. The Bertz CT molecular complexity index is 925. The molecule has 1 N–H and O–H groups in total. The number of benzene rings is 2. The van der Waals surface area contributed by atoms with Gasteiger partial charge in [-0.1, -0.05) is 0 Å². The van der Waals surface area contributed by atoms with E-state index < -0.39 is 21.7 Å². The minimum Gasteiger partial charge on any atom is -0.495 e. The average molecular weight is 394 g/mol. The molecular formula is C18H19FN2O5S. The number of anilines is 1. The summed E-state index contributed by atoms with van der Waals surface area (Å²) in [6, 6.07) is 9.28. The summed E-state index contributed by atoms with van der Waals surface area (Å²) in [5, 5.41) is 2.62. The van der Waals surface area contributed by atoms with E-state index in [1.54, 1.807) is 0 Å². The van der Waals surface area contributed by atoms with E-state index in [1.807, 2.05) is 0 Å². The van der Waals surface area contributed by atoms with Crippen molar-refractivity contribution < 1.29 is 27.1 Å². The quantitative estimate of drug-likeness (QED) is 0.840. The summed E-state index contributed by atoms with van der Waals surface area (Å²) in [6.07, 6.45) is 0. The molecule has 144 valence electrons. The zero-order valence-electron chi connectivity index (χ0n) is 14.6. The van der Waals surface area contributed by atoms with Crippen LogP contribution in [0.5, 0.6) is 5.75 Å². The number of carbonyl (C=O) groups excluding carboxylic acids is 1. The molecule has 1 saturated heterocycles. The molecule has 1 heterocycles. The Morgan fingerprint density at radius 2 is 1.81 bits per heavy atom. The van der Waals surface area contributed by atoms with E-state index in [0.29, 0.717) is 19.0 Å². The van der Waals surface area contributed by atoms with Gasteiger partial charge in [-0.05, 0) is 42.5 Å². The maximum Gasteiger partial charge on any atom is 0.255 e. The molecule has 1 aliphatic heterocycles. The fraction of sp³-hybridized carbons (Fsp3) is 0.278. The molecule has 27 heavy (non-hydrogen) atoms. The van der Waals surface area contributed by atoms with E-state index in [2.05, 4.69) is 5.32 Å². The first kappa shape index (κ1) is 19.3. The highest BCUT2D eigenvalue weighted by molar-refractivity contribution is 7.89. The number of sulfonamides is 1. The van der Waals surface area contributed by atoms with E-state index >= 15 is 0 Å². The minimum atomic E-state index is -3.72. The van der Waals surface area contributed by atoms with Crippen molar-refractivity contribution in [2.75, 3.05) is 38.7 Å². The van der Waals surface area contributed by atoms with Crippen LogP contribution in [-0.2, 0) is 14.8 Å². The molecule has 9 heteroatoms. The van der Waals surface area contributed by atoms with Crippen molar-refractivity contribution in [3.63, 3.8) is 0 Å². The first-order valence-corrected chi connectivity index (χ1v) is 9.68. The van der Waals surface area contributed by atoms with Gasteiger partial charge in [0.25, 0.3) is 5.91 Å². The molecule has 0 spiro atoms. The molecule has 0 aromatic heterocycles. The van der Waals surface area contributed by atoms with Gasteiger partial charge in [-0.3, -0.25) is 4.79 Å². The number of nitrogens with one attached hydrogen (secondary N) is 1. The number of hydrogen-bond donors (Lipinski definition) is 1. The van der Waals surface area contributed by atoms with Crippen molar-refractivity contribution in [2.45, 2.75) is 4.90 Å². The predicted octanol–water partition coefficient (Wildman–Crippen LogP) is 2.11. The maximum atomic E-state index is 13.0. The van der Waals surface area contributed by atoms with Gasteiger partial charge in [0.15, 0.2) is 0 Å². The Morgan fingerprint density at radius 3 is 2.44 bits per heavy atom. The lowest BCUT2D eigenvalue weighted by Crippen LogP contribution is -2.40. The van der Waals surface area contributed by atoms with Gasteiger partial charge < -0.3 is 14.8 Å². The third-order valence-corrected chi connectivity index (χ3v) is 6.03. The molecule has 3 rings (SSSR count). The number of ether oxygens (including phenoxy) is 2. The van der Waals surface area contributed by atoms with Crippen LogP contribution in [-0.4, -0.2) is 52.0 Å². The summed E-state index contributed by atoms with van der Waals surface area (Å²) < 4.78 is 50.4. The van der Waals surface area contributed by atoms with Gasteiger partial charge in [0.2, 0.25) is 10.0 Å². The third-order valence-electron chi connectivity index (χ3n) is 4.13. The first-order valence-electron chi connectivity index (χ1n) is 8.24. The van der Waals surface area contributed by atoms with Crippen LogP contribution in [0.2, 0.25) is 0 Å². The lowest BCUT2D eigenvalue weighted by atomic mass is 10.2. The van der Waals surface area contributed by atoms with Crippen molar-refractivity contribution >= 4 is 21.6 Å². The molecule has 2 aromatic carbocycles. The smallest absolute Gasteiger partial charge is 0.255 e. The molecule has 0 radical (unpaired) electrons. The second-order valence-corrected chi connectivity index (χ2v) is 7.78. The normalized spacial score (nSPS) is 15.3. The van der Waals surface area contributed by atoms with Crippen LogP contribution in [0.1, 0.15) is 10.4 Å². The average Bonchev–Trinajstić information content (AvgIpc) is 2.69. The summed E-state index contributed by atoms with van der Waals surface area (Å²) in [5.41, 5.74) is 0.445. The number of methoxy groups -OCH3 is 1. The van der Waals surface area contributed by atoms with Crippen molar-refractivity contribution in [3.05, 3.63) is 53.8 Å². The Labute approximate surface area is 156 Å². The monoisotopic (exact) mass is 394 g/mol. The number of morpholine rings is 1. The van der Waals surface area contributed by atoms with Gasteiger partial charge in [0.1, 0.15) is 11.6 Å². The van der Waals surface area contributed by atoms with Gasteiger partial charge in [-0.15, -0.1) is 0 Å². The zero-order valence-corrected chi connectivity index (χ0v) is 15.5. The summed E-state index contributed by atoms with van der Waals surface area (Å²) in [6.45, 7) is 1.21. The van der Waals surface area contributed by atoms with Gasteiger partial charge in [0, 0.05) is 18.7 Å². The molecule has 0 atom stereocenters. The number of hydrogen-bond acceptors (Lipinski definition) is 5. The van der Waals surface area contributed by atoms with Crippen molar-refractivity contribution in [1.29, 1.82) is 0 Å². The highest BCUT2D eigenvalue weighted by atomic mass is 32.2. The van der Waals surface area contributed by atoms with Gasteiger partial charge in [-0.25, -0.2) is 12.8 Å². The number of nitrogens with zero attached hydrogens (tertiary/aromatic N) is 1. The Hall–Kier alpha value is -2.49. The van der Waals surface area contributed by atoms with E-state index in [0.717, 1.165) is 0 Å². The molecule has 0 unspecified atom stereocenters. The molecule has 0 bridgehead atoms. The number of rotatable bonds is 5. The lowest BCUT2D eigenvalue weighted by molar-refractivity contribution is 0.0730. The molecule has 0 aliphatic carbocycles. The number of amides is 1. The van der Waals surface area contributed by atoms with Crippen LogP contribution in [0.3, 0.4) is 0 Å². The predicted molar refractivity (Wildman–Crippen MR) is 96.9 cm³/mol. The lowest BCUT2D eigenvalue weighted by Gasteiger charge is -2.26. The van der Waals surface area contributed by atoms with Crippen molar-refractivity contribution in [2.24, 2.45) is 0 Å². The van der Waals surface area contributed by atoms with E-state index in [-0.39, 0.29) is 29.2 Å². The Kier molecular flexibility index (Phi) is 5.73. The number of halogens is 1. The van der Waals surface area contributed by atoms with Gasteiger partial charge in [-0.2, -0.15) is 4.31 Å². The maximum absolute atomic E-state index is 13.0. The molecule has 2 aromatic rings. The van der Waals surface area contributed by atoms with E-state index in [1.165, 1.54) is 53.9 Å². The highest BCUT2D eigenvalue weighted by Gasteiger charge is 2.27. The minimum absolute atomic E-state index is 0.0413. The molecular weight excluding hydrogens is 375 g/mol. The Balaban J connectivity index is 1.89. The standard InChI is InChI=1S/C18H19FN2O5S/c1-25-17-7-6-15(27(23,24)21-8-10-26-11-9-21)12-16(17)20-18(22)13-2-4-14(19)5-3-13/h2-7,12H,8-11H2,1H3,(H,20,22). The van der Waals surface area contributed by atoms with Crippen LogP contribution in [0.25, 0.3) is 0 Å². The van der Waals surface area contributed by atoms with Gasteiger partial charge in [0.05, 0.1) is 30.9 Å². The topological polar surface area (TPSA) is 84.9 Å². The molecule has 0 saturated carbocycles. The van der Waals surface area contributed by atoms with Crippen LogP contribution in [0.4, 0.5) is 10.1 Å². The fourth-order valence-electron chi connectivity index (χ4n) is 2.68. The van der Waals surface area contributed by atoms with Crippen molar-refractivity contribution in [1.82, 2.24) is 4.31 Å². The highest BCUT2D eigenvalue weighted by Crippen LogP contribution is 2.29. The molecule has 1 amide bonds. The summed E-state index contributed by atoms with van der Waals surface area (Å²) in [4.78, 5) is 12.4. The summed E-state index contributed by atoms with van der Waals surface area (Å²) >= 11 is 0. The third kappa shape index (κ3) is 4.26. The SMILES string of the molecule is COc1ccc(S(=O)(=O)N2CCOCC2)cc1NC(=O)c1ccc(F)cc1. The zero-order chi connectivity index (χ0) is 19.4. The largest absolute Gasteiger partial charge is 0.495 e. The van der Waals surface area contributed by atoms with E-state index in [9.17, 15) is 17.6 Å². The van der Waals surface area contributed by atoms with Crippen LogP contribution < -0.4 is 10.1 Å². The first-order chi connectivity index (χ1) is 12.9. The van der Waals surface area contributed by atoms with Crippen LogP contribution in [0.15, 0.2) is 47.4 Å². The molecule has 7 nitrogen and oxygen atoms in total. The second kappa shape index (κ2) is 8.03. The van der Waals surface area contributed by atoms with Crippen LogP contribution >= 0.6 is 0 Å². The fourth-order valence-corrected chi connectivity index (χ4v) is 4.11. The Morgan fingerprint density at radius 1 is 1.15 bits per heavy atom. The van der Waals surface area contributed by atoms with Crippen molar-refractivity contribution in [3.8, 4) is 5.75 Å². The molecule has 1 fully saturated rings. The summed E-state index contributed by atoms with van der Waals surface area (Å²) in [7, 11) is -2.30. The molecule has 1 aliphatic rings. The van der Waals surface area contributed by atoms with Crippen LogP contribution in [0, 0.1) is 5.82 Å². The number of carbonyl (C=O) groups is 1. The summed E-state index contributed by atoms with van der Waals surface area (Å²) in [5.74, 6) is -0.650. The van der Waals surface area contributed by atoms with E-state index in [4.69, 9.17) is 9.47 Å². The van der Waals surface area contributed by atoms with Gasteiger partial charge >= 0.3 is 0 Å².